The van der Waals surface area contributed by atoms with Gasteiger partial charge < -0.3 is 10.4 Å². The smallest absolute Gasteiger partial charge is 0.149 e. The van der Waals surface area contributed by atoms with Crippen LogP contribution in [0.5, 0.6) is 0 Å². The van der Waals surface area contributed by atoms with Gasteiger partial charge in [-0.15, -0.1) is 5.10 Å². The van der Waals surface area contributed by atoms with Crippen molar-refractivity contribution < 1.29 is 5.11 Å². The van der Waals surface area contributed by atoms with E-state index in [9.17, 15) is 0 Å². The molecule has 13 heavy (non-hydrogen) atoms. The largest absolute Gasteiger partial charge is 0.392 e. The number of hydrogen-bond donors (Lipinski definition) is 2. The molecule has 0 bridgehead atoms. The van der Waals surface area contributed by atoms with Crippen molar-refractivity contribution in [2.75, 3.05) is 11.9 Å². The summed E-state index contributed by atoms with van der Waals surface area (Å²) in [6, 6.07) is 1.92. The summed E-state index contributed by atoms with van der Waals surface area (Å²) >= 11 is 0. The van der Waals surface area contributed by atoms with Crippen LogP contribution in [0.25, 0.3) is 0 Å². The minimum atomic E-state index is -0.372. The Balaban J connectivity index is 2.63. The average Bonchev–Trinajstić information content (AvgIpc) is 2.07. The Hall–Kier alpha value is -1.16. The van der Waals surface area contributed by atoms with Gasteiger partial charge in [-0.25, -0.2) is 0 Å². The second kappa shape index (κ2) is 4.18. The number of hydrogen-bond acceptors (Lipinski definition) is 4. The molecular formula is C9H15N3O. The zero-order valence-electron chi connectivity index (χ0n) is 8.20. The Kier molecular flexibility index (Phi) is 3.19. The van der Waals surface area contributed by atoms with E-state index in [1.54, 1.807) is 6.92 Å². The molecule has 0 aliphatic rings. The molecular weight excluding hydrogens is 166 g/mol. The maximum Gasteiger partial charge on any atom is 0.149 e. The van der Waals surface area contributed by atoms with Crippen LogP contribution in [-0.2, 0) is 0 Å². The lowest BCUT2D eigenvalue weighted by atomic mass is 10.2. The lowest BCUT2D eigenvalue weighted by Gasteiger charge is -2.07. The van der Waals surface area contributed by atoms with Gasteiger partial charge in [-0.2, -0.15) is 5.10 Å². The molecule has 0 spiro atoms. The van der Waals surface area contributed by atoms with Crippen molar-refractivity contribution in [2.45, 2.75) is 26.9 Å². The van der Waals surface area contributed by atoms with Crippen LogP contribution < -0.4 is 5.32 Å². The number of aromatic nitrogens is 2. The molecule has 72 valence electrons. The van der Waals surface area contributed by atoms with Crippen LogP contribution >= 0.6 is 0 Å². The Labute approximate surface area is 78.0 Å². The van der Waals surface area contributed by atoms with E-state index in [2.05, 4.69) is 15.5 Å². The minimum Gasteiger partial charge on any atom is -0.392 e. The molecule has 0 fully saturated rings. The quantitative estimate of drug-likeness (QED) is 0.727. The van der Waals surface area contributed by atoms with Crippen molar-refractivity contribution in [3.8, 4) is 0 Å². The molecule has 0 aromatic carbocycles. The highest BCUT2D eigenvalue weighted by Crippen LogP contribution is 2.07. The third-order valence-corrected chi connectivity index (χ3v) is 1.81. The van der Waals surface area contributed by atoms with Gasteiger partial charge in [0, 0.05) is 6.54 Å². The highest BCUT2D eigenvalue weighted by atomic mass is 16.3. The second-order valence-corrected chi connectivity index (χ2v) is 3.23. The van der Waals surface area contributed by atoms with Gasteiger partial charge in [0.05, 0.1) is 11.8 Å². The molecule has 1 unspecified atom stereocenters. The molecule has 0 radical (unpaired) electrons. The molecule has 2 N–H and O–H groups in total. The molecule has 1 atom stereocenters. The van der Waals surface area contributed by atoms with Crippen LogP contribution in [0.4, 0.5) is 5.82 Å². The summed E-state index contributed by atoms with van der Waals surface area (Å²) < 4.78 is 0. The van der Waals surface area contributed by atoms with Gasteiger partial charge in [-0.3, -0.25) is 0 Å². The Morgan fingerprint density at radius 2 is 2.15 bits per heavy atom. The van der Waals surface area contributed by atoms with Gasteiger partial charge in [-0.05, 0) is 32.4 Å². The summed E-state index contributed by atoms with van der Waals surface area (Å²) in [5.41, 5.74) is 2.03. The van der Waals surface area contributed by atoms with E-state index in [-0.39, 0.29) is 6.10 Å². The van der Waals surface area contributed by atoms with Gasteiger partial charge in [0.1, 0.15) is 5.82 Å². The van der Waals surface area contributed by atoms with Crippen LogP contribution in [0.1, 0.15) is 18.2 Å². The molecule has 1 aromatic rings. The number of aryl methyl sites for hydroxylation is 2. The number of nitrogens with one attached hydrogen (secondary N) is 1. The Morgan fingerprint density at radius 1 is 1.46 bits per heavy atom. The standard InChI is InChI=1S/C9H15N3O/c1-6-4-9(10-5-7(2)13)12-11-8(6)3/h4,7,13H,5H2,1-3H3,(H,10,12). The molecule has 0 aliphatic carbocycles. The van der Waals surface area contributed by atoms with E-state index in [0.29, 0.717) is 12.4 Å². The van der Waals surface area contributed by atoms with E-state index in [1.807, 2.05) is 19.9 Å². The van der Waals surface area contributed by atoms with Crippen molar-refractivity contribution >= 4 is 5.82 Å². The van der Waals surface area contributed by atoms with Crippen molar-refractivity contribution in [3.05, 3.63) is 17.3 Å². The maximum atomic E-state index is 9.03. The molecule has 4 heteroatoms. The molecule has 0 amide bonds. The van der Waals surface area contributed by atoms with E-state index >= 15 is 0 Å². The summed E-state index contributed by atoms with van der Waals surface area (Å²) in [7, 11) is 0. The first-order valence-corrected chi connectivity index (χ1v) is 4.32. The van der Waals surface area contributed by atoms with Crippen molar-refractivity contribution in [3.63, 3.8) is 0 Å². The third kappa shape index (κ3) is 2.99. The second-order valence-electron chi connectivity index (χ2n) is 3.23. The summed E-state index contributed by atoms with van der Waals surface area (Å²) in [4.78, 5) is 0. The summed E-state index contributed by atoms with van der Waals surface area (Å²) in [5.74, 6) is 0.712. The Bertz CT molecular complexity index is 286. The van der Waals surface area contributed by atoms with Crippen LogP contribution in [0.2, 0.25) is 0 Å². The van der Waals surface area contributed by atoms with E-state index in [1.165, 1.54) is 0 Å². The normalized spacial score (nSPS) is 12.6. The highest BCUT2D eigenvalue weighted by molar-refractivity contribution is 5.37. The first-order valence-electron chi connectivity index (χ1n) is 4.32. The Morgan fingerprint density at radius 3 is 2.69 bits per heavy atom. The molecule has 0 saturated heterocycles. The van der Waals surface area contributed by atoms with Gasteiger partial charge >= 0.3 is 0 Å². The highest BCUT2D eigenvalue weighted by Gasteiger charge is 2.00. The van der Waals surface area contributed by atoms with Gasteiger partial charge in [0.25, 0.3) is 0 Å². The summed E-state index contributed by atoms with van der Waals surface area (Å²) in [6.45, 7) is 6.12. The SMILES string of the molecule is Cc1cc(NCC(C)O)nnc1C. The maximum absolute atomic E-state index is 9.03. The van der Waals surface area contributed by atoms with Crippen LogP contribution in [0.3, 0.4) is 0 Å². The van der Waals surface area contributed by atoms with E-state index in [0.717, 1.165) is 11.3 Å². The fourth-order valence-corrected chi connectivity index (χ4v) is 0.885. The third-order valence-electron chi connectivity index (χ3n) is 1.81. The van der Waals surface area contributed by atoms with Crippen LogP contribution in [0, 0.1) is 13.8 Å². The number of rotatable bonds is 3. The number of aliphatic hydroxyl groups is 1. The fraction of sp³-hybridized carbons (Fsp3) is 0.556. The number of anilines is 1. The lowest BCUT2D eigenvalue weighted by molar-refractivity contribution is 0.208. The molecule has 1 heterocycles. The van der Waals surface area contributed by atoms with Crippen molar-refractivity contribution in [2.24, 2.45) is 0 Å². The van der Waals surface area contributed by atoms with Crippen LogP contribution in [-0.4, -0.2) is 28.0 Å². The molecule has 1 rings (SSSR count). The summed E-state index contributed by atoms with van der Waals surface area (Å²) in [6.07, 6.45) is -0.372. The van der Waals surface area contributed by atoms with Crippen molar-refractivity contribution in [1.82, 2.24) is 10.2 Å². The number of nitrogens with zero attached hydrogens (tertiary/aromatic N) is 2. The number of aliphatic hydroxyl groups excluding tert-OH is 1. The fourth-order valence-electron chi connectivity index (χ4n) is 0.885. The molecule has 0 saturated carbocycles. The summed E-state index contributed by atoms with van der Waals surface area (Å²) in [5, 5.41) is 19.9. The minimum absolute atomic E-state index is 0.372. The first-order chi connectivity index (χ1) is 6.09. The van der Waals surface area contributed by atoms with Gasteiger partial charge in [0.15, 0.2) is 0 Å². The van der Waals surface area contributed by atoms with Crippen LogP contribution in [0.15, 0.2) is 6.07 Å². The first kappa shape index (κ1) is 9.92. The van der Waals surface area contributed by atoms with Crippen molar-refractivity contribution in [1.29, 1.82) is 0 Å². The topological polar surface area (TPSA) is 58.0 Å². The zero-order chi connectivity index (χ0) is 9.84. The monoisotopic (exact) mass is 181 g/mol. The molecule has 4 nitrogen and oxygen atoms in total. The average molecular weight is 181 g/mol. The van der Waals surface area contributed by atoms with Gasteiger partial charge in [0.2, 0.25) is 0 Å². The van der Waals surface area contributed by atoms with E-state index < -0.39 is 0 Å². The predicted molar refractivity (Wildman–Crippen MR) is 51.7 cm³/mol. The lowest BCUT2D eigenvalue weighted by Crippen LogP contribution is -2.16. The zero-order valence-corrected chi connectivity index (χ0v) is 8.20. The molecule has 0 aliphatic heterocycles. The predicted octanol–water partition coefficient (Wildman–Crippen LogP) is 0.886. The molecule has 1 aromatic heterocycles. The van der Waals surface area contributed by atoms with Gasteiger partial charge in [-0.1, -0.05) is 0 Å². The van der Waals surface area contributed by atoms with E-state index in [4.69, 9.17) is 5.11 Å².